The fourth-order valence-electron chi connectivity index (χ4n) is 3.12. The molecule has 0 bridgehead atoms. The van der Waals surface area contributed by atoms with Crippen LogP contribution in [0.1, 0.15) is 35.4 Å². The molecule has 0 atom stereocenters. The number of hydrogen-bond acceptors (Lipinski definition) is 3. The lowest BCUT2D eigenvalue weighted by Crippen LogP contribution is -2.20. The lowest BCUT2D eigenvalue weighted by molar-refractivity contribution is 0.315. The lowest BCUT2D eigenvalue weighted by Gasteiger charge is -2.24. The molecule has 0 unspecified atom stereocenters. The molecule has 3 heteroatoms. The van der Waals surface area contributed by atoms with E-state index in [-0.39, 0.29) is 0 Å². The molecule has 0 radical (unpaired) electrons. The monoisotopic (exact) mass is 340 g/mol. The molecule has 128 valence electrons. The Balaban J connectivity index is 1.47. The zero-order valence-corrected chi connectivity index (χ0v) is 14.8. The molecule has 3 nitrogen and oxygen atoms in total. The number of fused-ring (bicyclic) bond motifs is 1. The number of hydrogen-bond donors (Lipinski definition) is 0. The van der Waals surface area contributed by atoms with Gasteiger partial charge in [0.25, 0.3) is 5.89 Å². The summed E-state index contributed by atoms with van der Waals surface area (Å²) in [6, 6.07) is 20.6. The smallest absolute Gasteiger partial charge is 0.274 e. The number of aromatic nitrogens is 1. The van der Waals surface area contributed by atoms with Gasteiger partial charge in [-0.05, 0) is 29.5 Å². The normalized spacial score (nSPS) is 12.8. The molecule has 1 aliphatic heterocycles. The number of benzene rings is 2. The van der Waals surface area contributed by atoms with E-state index < -0.39 is 0 Å². The van der Waals surface area contributed by atoms with Crippen LogP contribution in [0.15, 0.2) is 71.3 Å². The van der Waals surface area contributed by atoms with Gasteiger partial charge in [-0.3, -0.25) is 0 Å². The first-order chi connectivity index (χ1) is 12.8. The Kier molecular flexibility index (Phi) is 4.57. The molecular formula is C23H20N2O. The summed E-state index contributed by atoms with van der Waals surface area (Å²) in [5.74, 6) is 7.61. The molecule has 0 amide bonds. The Labute approximate surface area is 154 Å². The van der Waals surface area contributed by atoms with Crippen LogP contribution in [-0.2, 0) is 19.5 Å². The maximum absolute atomic E-state index is 5.92. The van der Waals surface area contributed by atoms with E-state index in [1.54, 1.807) is 0 Å². The third kappa shape index (κ3) is 3.70. The molecule has 0 spiro atoms. The van der Waals surface area contributed by atoms with Gasteiger partial charge in [-0.15, -0.1) is 0 Å². The van der Waals surface area contributed by atoms with Crippen molar-refractivity contribution in [3.8, 4) is 11.8 Å². The van der Waals surface area contributed by atoms with Crippen molar-refractivity contribution in [3.63, 3.8) is 0 Å². The van der Waals surface area contributed by atoms with Crippen molar-refractivity contribution in [3.05, 3.63) is 95.3 Å². The zero-order chi connectivity index (χ0) is 17.8. The van der Waals surface area contributed by atoms with Gasteiger partial charge in [0.05, 0.1) is 6.54 Å². The molecule has 0 fully saturated rings. The van der Waals surface area contributed by atoms with E-state index in [9.17, 15) is 0 Å². The molecule has 1 aromatic heterocycles. The first-order valence-electron chi connectivity index (χ1n) is 8.77. The van der Waals surface area contributed by atoms with Gasteiger partial charge in [0.15, 0.2) is 5.76 Å². The molecule has 4 rings (SSSR count). The predicted octanol–water partition coefficient (Wildman–Crippen LogP) is 4.65. The van der Waals surface area contributed by atoms with Crippen LogP contribution in [0.25, 0.3) is 5.57 Å². The van der Waals surface area contributed by atoms with Crippen LogP contribution in [0.2, 0.25) is 0 Å². The largest absolute Gasteiger partial charge is 0.432 e. The second kappa shape index (κ2) is 7.33. The SMILES string of the molecule is CC1=CN(Cc2ccccc2)Cc2oc(C#CCc3ccccc3)nc21. The Morgan fingerprint density at radius 3 is 2.42 bits per heavy atom. The lowest BCUT2D eigenvalue weighted by atomic mass is 10.1. The van der Waals surface area contributed by atoms with E-state index in [1.165, 1.54) is 11.1 Å². The fraction of sp³-hybridized carbons (Fsp3) is 0.174. The third-order valence-corrected chi connectivity index (χ3v) is 4.35. The molecular weight excluding hydrogens is 320 g/mol. The Hall–Kier alpha value is -3.25. The molecule has 0 aliphatic carbocycles. The summed E-state index contributed by atoms with van der Waals surface area (Å²) in [6.45, 7) is 3.64. The van der Waals surface area contributed by atoms with Gasteiger partial charge in [0, 0.05) is 19.2 Å². The maximum Gasteiger partial charge on any atom is 0.274 e. The van der Waals surface area contributed by atoms with Gasteiger partial charge < -0.3 is 9.32 Å². The van der Waals surface area contributed by atoms with E-state index >= 15 is 0 Å². The minimum atomic E-state index is 0.500. The molecule has 0 saturated heterocycles. The summed E-state index contributed by atoms with van der Waals surface area (Å²) in [6.07, 6.45) is 2.85. The van der Waals surface area contributed by atoms with Crippen molar-refractivity contribution in [1.82, 2.24) is 9.88 Å². The number of rotatable bonds is 3. The topological polar surface area (TPSA) is 29.3 Å². The minimum absolute atomic E-state index is 0.500. The van der Waals surface area contributed by atoms with Crippen LogP contribution in [0.4, 0.5) is 0 Å². The highest BCUT2D eigenvalue weighted by molar-refractivity contribution is 5.63. The van der Waals surface area contributed by atoms with Crippen molar-refractivity contribution in [2.75, 3.05) is 0 Å². The van der Waals surface area contributed by atoms with Crippen LogP contribution in [0, 0.1) is 11.8 Å². The molecule has 3 aromatic rings. The van der Waals surface area contributed by atoms with Crippen molar-refractivity contribution in [2.24, 2.45) is 0 Å². The summed E-state index contributed by atoms with van der Waals surface area (Å²) < 4.78 is 5.92. The quantitative estimate of drug-likeness (QED) is 0.650. The van der Waals surface area contributed by atoms with Gasteiger partial charge in [0.1, 0.15) is 5.69 Å². The molecule has 0 N–H and O–H groups in total. The van der Waals surface area contributed by atoms with Crippen LogP contribution in [0.3, 0.4) is 0 Å². The second-order valence-electron chi connectivity index (χ2n) is 6.46. The van der Waals surface area contributed by atoms with Crippen molar-refractivity contribution in [2.45, 2.75) is 26.4 Å². The van der Waals surface area contributed by atoms with Gasteiger partial charge >= 0.3 is 0 Å². The number of nitrogens with zero attached hydrogens (tertiary/aromatic N) is 2. The Bertz CT molecular complexity index is 975. The van der Waals surface area contributed by atoms with E-state index in [1.807, 2.05) is 24.3 Å². The van der Waals surface area contributed by atoms with Gasteiger partial charge in [0.2, 0.25) is 0 Å². The molecule has 2 heterocycles. The third-order valence-electron chi connectivity index (χ3n) is 4.35. The van der Waals surface area contributed by atoms with Gasteiger partial charge in [-0.2, -0.15) is 0 Å². The zero-order valence-electron chi connectivity index (χ0n) is 14.8. The maximum atomic E-state index is 5.92. The first kappa shape index (κ1) is 16.2. The van der Waals surface area contributed by atoms with E-state index in [0.717, 1.165) is 30.1 Å². The van der Waals surface area contributed by atoms with E-state index in [0.29, 0.717) is 12.3 Å². The average Bonchev–Trinajstić information content (AvgIpc) is 3.07. The highest BCUT2D eigenvalue weighted by Gasteiger charge is 2.21. The van der Waals surface area contributed by atoms with Crippen LogP contribution < -0.4 is 0 Å². The number of allylic oxidation sites excluding steroid dienone is 1. The first-order valence-corrected chi connectivity index (χ1v) is 8.77. The fourth-order valence-corrected chi connectivity index (χ4v) is 3.12. The van der Waals surface area contributed by atoms with Crippen LogP contribution in [0.5, 0.6) is 0 Å². The molecule has 26 heavy (non-hydrogen) atoms. The molecule has 2 aromatic carbocycles. The van der Waals surface area contributed by atoms with Gasteiger partial charge in [-0.1, -0.05) is 66.6 Å². The summed E-state index contributed by atoms with van der Waals surface area (Å²) in [7, 11) is 0. The highest BCUT2D eigenvalue weighted by Crippen LogP contribution is 2.27. The van der Waals surface area contributed by atoms with Crippen molar-refractivity contribution >= 4 is 5.57 Å². The Morgan fingerprint density at radius 2 is 1.69 bits per heavy atom. The van der Waals surface area contributed by atoms with Crippen LogP contribution in [-0.4, -0.2) is 9.88 Å². The standard InChI is InChI=1S/C23H20N2O/c1-18-15-25(16-20-11-6-3-7-12-20)17-21-23(18)24-22(26-21)14-8-13-19-9-4-2-5-10-19/h2-7,9-12,15H,13,16-17H2,1H3. The summed E-state index contributed by atoms with van der Waals surface area (Å²) >= 11 is 0. The second-order valence-corrected chi connectivity index (χ2v) is 6.46. The van der Waals surface area contributed by atoms with E-state index in [2.05, 4.69) is 71.2 Å². The van der Waals surface area contributed by atoms with Crippen LogP contribution >= 0.6 is 0 Å². The Morgan fingerprint density at radius 1 is 1.00 bits per heavy atom. The highest BCUT2D eigenvalue weighted by atomic mass is 16.4. The van der Waals surface area contributed by atoms with Crippen molar-refractivity contribution in [1.29, 1.82) is 0 Å². The molecule has 0 saturated carbocycles. The van der Waals surface area contributed by atoms with E-state index in [4.69, 9.17) is 4.42 Å². The predicted molar refractivity (Wildman–Crippen MR) is 103 cm³/mol. The molecule has 1 aliphatic rings. The summed E-state index contributed by atoms with van der Waals surface area (Å²) in [4.78, 5) is 6.82. The average molecular weight is 340 g/mol. The summed E-state index contributed by atoms with van der Waals surface area (Å²) in [5.41, 5.74) is 4.52. The minimum Gasteiger partial charge on any atom is -0.432 e. The number of oxazole rings is 1. The van der Waals surface area contributed by atoms with Crippen molar-refractivity contribution < 1.29 is 4.42 Å². The van der Waals surface area contributed by atoms with Gasteiger partial charge in [-0.25, -0.2) is 4.98 Å². The summed E-state index contributed by atoms with van der Waals surface area (Å²) in [5, 5.41) is 0.